The Kier molecular flexibility index (Phi) is 2.63. The second-order valence-electron chi connectivity index (χ2n) is 2.08. The largest absolute Gasteiger partial charge is 0.471 e. The molecule has 0 aliphatic rings. The molecule has 0 aromatic carbocycles. The van der Waals surface area contributed by atoms with Crippen molar-refractivity contribution >= 4 is 12.3 Å². The SMILES string of the molecule is CCOC(=O)c1cocc1C=O. The van der Waals surface area contributed by atoms with Gasteiger partial charge in [-0.1, -0.05) is 0 Å². The normalized spacial score (nSPS) is 9.42. The van der Waals surface area contributed by atoms with Crippen molar-refractivity contribution in [1.29, 1.82) is 0 Å². The van der Waals surface area contributed by atoms with Crippen LogP contribution < -0.4 is 0 Å². The molecule has 4 nitrogen and oxygen atoms in total. The second-order valence-corrected chi connectivity index (χ2v) is 2.08. The first-order valence-corrected chi connectivity index (χ1v) is 3.48. The van der Waals surface area contributed by atoms with Gasteiger partial charge in [-0.3, -0.25) is 4.79 Å². The van der Waals surface area contributed by atoms with E-state index in [4.69, 9.17) is 0 Å². The van der Waals surface area contributed by atoms with Gasteiger partial charge in [0.15, 0.2) is 6.29 Å². The minimum atomic E-state index is -0.534. The summed E-state index contributed by atoms with van der Waals surface area (Å²) in [6.07, 6.45) is 2.96. The summed E-state index contributed by atoms with van der Waals surface area (Å²) < 4.78 is 9.34. The molecule has 0 unspecified atom stereocenters. The van der Waals surface area contributed by atoms with Crippen LogP contribution in [0.25, 0.3) is 0 Å². The summed E-state index contributed by atoms with van der Waals surface area (Å²) in [6.45, 7) is 1.97. The van der Waals surface area contributed by atoms with Crippen molar-refractivity contribution in [3.8, 4) is 0 Å². The molecule has 1 aromatic rings. The molecule has 0 amide bonds. The fourth-order valence-corrected chi connectivity index (χ4v) is 0.773. The Bertz CT molecular complexity index is 287. The van der Waals surface area contributed by atoms with E-state index in [0.29, 0.717) is 6.29 Å². The summed E-state index contributed by atoms with van der Waals surface area (Å²) in [6, 6.07) is 0. The molecular formula is C8H8O4. The van der Waals surface area contributed by atoms with E-state index in [0.717, 1.165) is 0 Å². The average molecular weight is 168 g/mol. The highest BCUT2D eigenvalue weighted by Crippen LogP contribution is 2.08. The van der Waals surface area contributed by atoms with Gasteiger partial charge >= 0.3 is 5.97 Å². The molecule has 64 valence electrons. The van der Waals surface area contributed by atoms with Gasteiger partial charge in [0.2, 0.25) is 0 Å². The van der Waals surface area contributed by atoms with Gasteiger partial charge in [-0.25, -0.2) is 4.79 Å². The molecular weight excluding hydrogens is 160 g/mol. The molecule has 0 N–H and O–H groups in total. The maximum Gasteiger partial charge on any atom is 0.342 e. The lowest BCUT2D eigenvalue weighted by molar-refractivity contribution is 0.0523. The van der Waals surface area contributed by atoms with Crippen molar-refractivity contribution in [2.24, 2.45) is 0 Å². The van der Waals surface area contributed by atoms with Crippen LogP contribution in [0.3, 0.4) is 0 Å². The standard InChI is InChI=1S/C8H8O4/c1-2-12-8(10)7-5-11-4-6(7)3-9/h3-5H,2H2,1H3. The predicted molar refractivity (Wildman–Crippen MR) is 40.1 cm³/mol. The third-order valence-electron chi connectivity index (χ3n) is 1.31. The fraction of sp³-hybridized carbons (Fsp3) is 0.250. The second kappa shape index (κ2) is 3.71. The van der Waals surface area contributed by atoms with Crippen molar-refractivity contribution < 1.29 is 18.7 Å². The molecule has 1 aromatic heterocycles. The van der Waals surface area contributed by atoms with Gasteiger partial charge in [0.25, 0.3) is 0 Å². The van der Waals surface area contributed by atoms with Crippen molar-refractivity contribution in [3.63, 3.8) is 0 Å². The first kappa shape index (κ1) is 8.52. The van der Waals surface area contributed by atoms with E-state index in [1.165, 1.54) is 12.5 Å². The molecule has 0 saturated heterocycles. The van der Waals surface area contributed by atoms with Crippen molar-refractivity contribution in [3.05, 3.63) is 23.7 Å². The Morgan fingerprint density at radius 2 is 2.42 bits per heavy atom. The summed E-state index contributed by atoms with van der Waals surface area (Å²) in [5.74, 6) is -0.534. The molecule has 0 bridgehead atoms. The van der Waals surface area contributed by atoms with Gasteiger partial charge in [-0.05, 0) is 6.92 Å². The van der Waals surface area contributed by atoms with Gasteiger partial charge in [0.05, 0.1) is 12.2 Å². The Labute approximate surface area is 69.1 Å². The number of rotatable bonds is 3. The summed E-state index contributed by atoms with van der Waals surface area (Å²) in [5.41, 5.74) is 0.389. The lowest BCUT2D eigenvalue weighted by Crippen LogP contribution is -2.05. The van der Waals surface area contributed by atoms with Gasteiger partial charge < -0.3 is 9.15 Å². The van der Waals surface area contributed by atoms with Gasteiger partial charge in [-0.15, -0.1) is 0 Å². The molecule has 1 rings (SSSR count). The average Bonchev–Trinajstić information content (AvgIpc) is 2.51. The van der Waals surface area contributed by atoms with E-state index >= 15 is 0 Å². The summed E-state index contributed by atoms with van der Waals surface area (Å²) in [7, 11) is 0. The van der Waals surface area contributed by atoms with Crippen LogP contribution in [0.1, 0.15) is 27.6 Å². The number of furan rings is 1. The number of aldehydes is 1. The maximum atomic E-state index is 11.0. The third kappa shape index (κ3) is 1.53. The molecule has 0 radical (unpaired) electrons. The van der Waals surface area contributed by atoms with E-state index in [1.54, 1.807) is 6.92 Å². The van der Waals surface area contributed by atoms with Gasteiger partial charge in [-0.2, -0.15) is 0 Å². The molecule has 1 heterocycles. The summed E-state index contributed by atoms with van der Waals surface area (Å²) in [4.78, 5) is 21.4. The highest BCUT2D eigenvalue weighted by atomic mass is 16.5. The maximum absolute atomic E-state index is 11.0. The minimum Gasteiger partial charge on any atom is -0.471 e. The number of carbonyl (C=O) groups excluding carboxylic acids is 2. The first-order valence-electron chi connectivity index (χ1n) is 3.48. The minimum absolute atomic E-state index is 0.173. The lowest BCUT2D eigenvalue weighted by atomic mass is 10.2. The number of carbonyl (C=O) groups is 2. The first-order chi connectivity index (χ1) is 5.79. The van der Waals surface area contributed by atoms with E-state index in [2.05, 4.69) is 9.15 Å². The summed E-state index contributed by atoms with van der Waals surface area (Å²) in [5, 5.41) is 0. The molecule has 0 aliphatic heterocycles. The van der Waals surface area contributed by atoms with Crippen LogP contribution in [0.5, 0.6) is 0 Å². The number of esters is 1. The zero-order valence-corrected chi connectivity index (χ0v) is 6.57. The quantitative estimate of drug-likeness (QED) is 0.503. The predicted octanol–water partition coefficient (Wildman–Crippen LogP) is 1.27. The van der Waals surface area contributed by atoms with Crippen LogP contribution in [-0.4, -0.2) is 18.9 Å². The van der Waals surface area contributed by atoms with Crippen LogP contribution in [0.4, 0.5) is 0 Å². The van der Waals surface area contributed by atoms with E-state index in [-0.39, 0.29) is 17.7 Å². The Morgan fingerprint density at radius 3 is 3.00 bits per heavy atom. The van der Waals surface area contributed by atoms with Crippen molar-refractivity contribution in [2.75, 3.05) is 6.61 Å². The third-order valence-corrected chi connectivity index (χ3v) is 1.31. The molecule has 0 fully saturated rings. The van der Waals surface area contributed by atoms with Crippen LogP contribution in [-0.2, 0) is 4.74 Å². The van der Waals surface area contributed by atoms with Crippen LogP contribution in [0.15, 0.2) is 16.9 Å². The highest BCUT2D eigenvalue weighted by molar-refractivity contribution is 5.97. The molecule has 4 heteroatoms. The lowest BCUT2D eigenvalue weighted by Gasteiger charge is -1.97. The molecule has 12 heavy (non-hydrogen) atoms. The van der Waals surface area contributed by atoms with Crippen LogP contribution in [0, 0.1) is 0 Å². The van der Waals surface area contributed by atoms with Gasteiger partial charge in [0.1, 0.15) is 18.1 Å². The van der Waals surface area contributed by atoms with E-state index < -0.39 is 5.97 Å². The van der Waals surface area contributed by atoms with Crippen molar-refractivity contribution in [2.45, 2.75) is 6.92 Å². The Hall–Kier alpha value is -1.58. The van der Waals surface area contributed by atoms with Gasteiger partial charge in [0, 0.05) is 0 Å². The smallest absolute Gasteiger partial charge is 0.342 e. The van der Waals surface area contributed by atoms with E-state index in [9.17, 15) is 9.59 Å². The monoisotopic (exact) mass is 168 g/mol. The van der Waals surface area contributed by atoms with Crippen molar-refractivity contribution in [1.82, 2.24) is 0 Å². The van der Waals surface area contributed by atoms with E-state index in [1.807, 2.05) is 0 Å². The number of hydrogen-bond acceptors (Lipinski definition) is 4. The highest BCUT2D eigenvalue weighted by Gasteiger charge is 2.13. The molecule has 0 spiro atoms. The molecule has 0 aliphatic carbocycles. The molecule has 0 saturated carbocycles. The summed E-state index contributed by atoms with van der Waals surface area (Å²) >= 11 is 0. The Morgan fingerprint density at radius 1 is 1.67 bits per heavy atom. The zero-order chi connectivity index (χ0) is 8.97. The zero-order valence-electron chi connectivity index (χ0n) is 6.57. The van der Waals surface area contributed by atoms with Crippen LogP contribution in [0.2, 0.25) is 0 Å². The topological polar surface area (TPSA) is 56.5 Å². The molecule has 0 atom stereocenters. The number of ether oxygens (including phenoxy) is 1. The van der Waals surface area contributed by atoms with Crippen LogP contribution >= 0.6 is 0 Å². The number of hydrogen-bond donors (Lipinski definition) is 0. The Balaban J connectivity index is 2.86. The fourth-order valence-electron chi connectivity index (χ4n) is 0.773.